The van der Waals surface area contributed by atoms with E-state index in [9.17, 15) is 4.79 Å². The lowest BCUT2D eigenvalue weighted by atomic mass is 10.3. The second-order valence-corrected chi connectivity index (χ2v) is 5.76. The molecular formula is C17H23N5O2. The average Bonchev–Trinajstić information content (AvgIpc) is 3.14. The minimum atomic E-state index is -0.0492. The summed E-state index contributed by atoms with van der Waals surface area (Å²) in [5.74, 6) is 0.777. The molecular weight excluding hydrogens is 306 g/mol. The van der Waals surface area contributed by atoms with E-state index in [2.05, 4.69) is 15.3 Å². The number of nitrogens with zero attached hydrogens (tertiary/aromatic N) is 4. The number of hydrogen-bond acceptors (Lipinski definition) is 4. The highest BCUT2D eigenvalue weighted by atomic mass is 16.5. The summed E-state index contributed by atoms with van der Waals surface area (Å²) >= 11 is 0. The van der Waals surface area contributed by atoms with Gasteiger partial charge in [-0.1, -0.05) is 0 Å². The average molecular weight is 329 g/mol. The maximum absolute atomic E-state index is 12.3. The van der Waals surface area contributed by atoms with E-state index >= 15 is 0 Å². The molecule has 2 amide bonds. The van der Waals surface area contributed by atoms with Crippen molar-refractivity contribution in [2.45, 2.75) is 6.54 Å². The molecule has 1 aliphatic heterocycles. The van der Waals surface area contributed by atoms with Gasteiger partial charge in [-0.05, 0) is 30.3 Å². The van der Waals surface area contributed by atoms with Gasteiger partial charge in [-0.25, -0.2) is 4.79 Å². The lowest BCUT2D eigenvalue weighted by Crippen LogP contribution is -2.50. The first-order valence-electron chi connectivity index (χ1n) is 8.14. The van der Waals surface area contributed by atoms with E-state index in [-0.39, 0.29) is 6.03 Å². The molecule has 1 aromatic carbocycles. The predicted octanol–water partition coefficient (Wildman–Crippen LogP) is 1.74. The van der Waals surface area contributed by atoms with Gasteiger partial charge in [-0.3, -0.25) is 9.58 Å². The third kappa shape index (κ3) is 4.26. The molecule has 7 heteroatoms. The number of anilines is 1. The van der Waals surface area contributed by atoms with Gasteiger partial charge >= 0.3 is 6.03 Å². The normalized spacial score (nSPS) is 15.3. The molecule has 0 bridgehead atoms. The number of urea groups is 1. The van der Waals surface area contributed by atoms with E-state index < -0.39 is 0 Å². The summed E-state index contributed by atoms with van der Waals surface area (Å²) < 4.78 is 7.05. The highest BCUT2D eigenvalue weighted by Crippen LogP contribution is 2.15. The van der Waals surface area contributed by atoms with Gasteiger partial charge in [0.25, 0.3) is 0 Å². The molecule has 1 saturated heterocycles. The topological polar surface area (TPSA) is 62.6 Å². The maximum atomic E-state index is 12.3. The number of methoxy groups -OCH3 is 1. The van der Waals surface area contributed by atoms with Gasteiger partial charge in [0.15, 0.2) is 0 Å². The number of carbonyl (C=O) groups is 1. The van der Waals surface area contributed by atoms with Gasteiger partial charge in [0, 0.05) is 50.8 Å². The summed E-state index contributed by atoms with van der Waals surface area (Å²) in [6.45, 7) is 5.08. The summed E-state index contributed by atoms with van der Waals surface area (Å²) in [5.41, 5.74) is 0.780. The molecule has 24 heavy (non-hydrogen) atoms. The molecule has 0 radical (unpaired) electrons. The fourth-order valence-electron chi connectivity index (χ4n) is 2.73. The molecule has 0 saturated carbocycles. The van der Waals surface area contributed by atoms with E-state index in [1.165, 1.54) is 0 Å². The van der Waals surface area contributed by atoms with Crippen LogP contribution in [0.2, 0.25) is 0 Å². The zero-order chi connectivity index (χ0) is 16.8. The van der Waals surface area contributed by atoms with Gasteiger partial charge in [0.1, 0.15) is 5.75 Å². The number of carbonyl (C=O) groups excluding carboxylic acids is 1. The molecule has 0 atom stereocenters. The summed E-state index contributed by atoms with van der Waals surface area (Å²) in [6.07, 6.45) is 3.76. The SMILES string of the molecule is COc1ccc(NC(=O)N2CCN(CCn3cccn3)CC2)cc1. The van der Waals surface area contributed by atoms with Crippen molar-refractivity contribution < 1.29 is 9.53 Å². The second kappa shape index (κ2) is 7.83. The second-order valence-electron chi connectivity index (χ2n) is 5.76. The summed E-state index contributed by atoms with van der Waals surface area (Å²) in [6, 6.07) is 9.24. The molecule has 128 valence electrons. The predicted molar refractivity (Wildman–Crippen MR) is 92.3 cm³/mol. The third-order valence-electron chi connectivity index (χ3n) is 4.21. The van der Waals surface area contributed by atoms with Crippen molar-refractivity contribution in [1.29, 1.82) is 0 Å². The molecule has 0 aliphatic carbocycles. The summed E-state index contributed by atoms with van der Waals surface area (Å²) in [4.78, 5) is 16.5. The fourth-order valence-corrected chi connectivity index (χ4v) is 2.73. The van der Waals surface area contributed by atoms with Crippen molar-refractivity contribution in [2.24, 2.45) is 0 Å². The largest absolute Gasteiger partial charge is 0.497 e. The number of rotatable bonds is 5. The number of hydrogen-bond donors (Lipinski definition) is 1. The van der Waals surface area contributed by atoms with Crippen LogP contribution in [0.1, 0.15) is 0 Å². The van der Waals surface area contributed by atoms with Gasteiger partial charge in [-0.2, -0.15) is 5.10 Å². The van der Waals surface area contributed by atoms with Crippen molar-refractivity contribution in [1.82, 2.24) is 19.6 Å². The Morgan fingerprint density at radius 3 is 2.54 bits per heavy atom. The molecule has 3 rings (SSSR count). The monoisotopic (exact) mass is 329 g/mol. The van der Waals surface area contributed by atoms with Crippen molar-refractivity contribution >= 4 is 11.7 Å². The Morgan fingerprint density at radius 2 is 1.92 bits per heavy atom. The van der Waals surface area contributed by atoms with Gasteiger partial charge < -0.3 is 15.0 Å². The van der Waals surface area contributed by atoms with Gasteiger partial charge in [0.2, 0.25) is 0 Å². The van der Waals surface area contributed by atoms with E-state index in [4.69, 9.17) is 4.74 Å². The Morgan fingerprint density at radius 1 is 1.17 bits per heavy atom. The smallest absolute Gasteiger partial charge is 0.321 e. The van der Waals surface area contributed by atoms with Crippen LogP contribution in [0, 0.1) is 0 Å². The van der Waals surface area contributed by atoms with Crippen molar-refractivity contribution in [2.75, 3.05) is 45.2 Å². The number of piperazine rings is 1. The van der Waals surface area contributed by atoms with Crippen LogP contribution in [0.3, 0.4) is 0 Å². The maximum Gasteiger partial charge on any atom is 0.321 e. The molecule has 2 aromatic rings. The van der Waals surface area contributed by atoms with E-state index in [0.29, 0.717) is 0 Å². The third-order valence-corrected chi connectivity index (χ3v) is 4.21. The van der Waals surface area contributed by atoms with Crippen LogP contribution >= 0.6 is 0 Å². The minimum absolute atomic E-state index is 0.0492. The standard InChI is InChI=1S/C17H23N5O2/c1-24-16-5-3-15(4-6-16)19-17(23)21-12-9-20(10-13-21)11-14-22-8-2-7-18-22/h2-8H,9-14H2,1H3,(H,19,23). The molecule has 0 spiro atoms. The molecule has 1 aromatic heterocycles. The van der Waals surface area contributed by atoms with E-state index in [0.717, 1.165) is 50.7 Å². The lowest BCUT2D eigenvalue weighted by Gasteiger charge is -2.34. The molecule has 7 nitrogen and oxygen atoms in total. The zero-order valence-corrected chi connectivity index (χ0v) is 13.9. The molecule has 2 heterocycles. The van der Waals surface area contributed by atoms with Crippen LogP contribution in [0.25, 0.3) is 0 Å². The molecule has 1 aliphatic rings. The van der Waals surface area contributed by atoms with Crippen molar-refractivity contribution in [3.63, 3.8) is 0 Å². The number of amides is 2. The van der Waals surface area contributed by atoms with Crippen LogP contribution in [-0.2, 0) is 6.54 Å². The molecule has 1 N–H and O–H groups in total. The summed E-state index contributed by atoms with van der Waals surface area (Å²) in [7, 11) is 1.62. The number of aromatic nitrogens is 2. The fraction of sp³-hybridized carbons (Fsp3) is 0.412. The van der Waals surface area contributed by atoms with Crippen molar-refractivity contribution in [3.05, 3.63) is 42.7 Å². The molecule has 0 unspecified atom stereocenters. The first-order valence-corrected chi connectivity index (χ1v) is 8.14. The van der Waals surface area contributed by atoms with Gasteiger partial charge in [-0.15, -0.1) is 0 Å². The number of nitrogens with one attached hydrogen (secondary N) is 1. The summed E-state index contributed by atoms with van der Waals surface area (Å²) in [5, 5.41) is 7.14. The van der Waals surface area contributed by atoms with Crippen LogP contribution in [0.15, 0.2) is 42.7 Å². The van der Waals surface area contributed by atoms with Crippen LogP contribution in [-0.4, -0.2) is 65.4 Å². The highest BCUT2D eigenvalue weighted by Gasteiger charge is 2.20. The number of benzene rings is 1. The van der Waals surface area contributed by atoms with E-state index in [1.807, 2.05) is 46.1 Å². The van der Waals surface area contributed by atoms with E-state index in [1.54, 1.807) is 13.3 Å². The van der Waals surface area contributed by atoms with Crippen LogP contribution in [0.5, 0.6) is 5.75 Å². The Hall–Kier alpha value is -2.54. The highest BCUT2D eigenvalue weighted by molar-refractivity contribution is 5.89. The minimum Gasteiger partial charge on any atom is -0.497 e. The Kier molecular flexibility index (Phi) is 5.32. The quantitative estimate of drug-likeness (QED) is 0.908. The Labute approximate surface area is 141 Å². The first kappa shape index (κ1) is 16.3. The Bertz CT molecular complexity index is 634. The van der Waals surface area contributed by atoms with Crippen LogP contribution in [0.4, 0.5) is 10.5 Å². The zero-order valence-electron chi connectivity index (χ0n) is 13.9. The first-order chi connectivity index (χ1) is 11.7. The van der Waals surface area contributed by atoms with Crippen LogP contribution < -0.4 is 10.1 Å². The van der Waals surface area contributed by atoms with Crippen molar-refractivity contribution in [3.8, 4) is 5.75 Å². The Balaban J connectivity index is 1.42. The molecule has 1 fully saturated rings. The lowest BCUT2D eigenvalue weighted by molar-refractivity contribution is 0.143. The van der Waals surface area contributed by atoms with Gasteiger partial charge in [0.05, 0.1) is 13.7 Å². The number of ether oxygens (including phenoxy) is 1.